The van der Waals surface area contributed by atoms with Gasteiger partial charge in [0.1, 0.15) is 10.7 Å². The zero-order valence-corrected chi connectivity index (χ0v) is 14.3. The molecule has 1 heterocycles. The van der Waals surface area contributed by atoms with Crippen molar-refractivity contribution in [1.82, 2.24) is 4.98 Å². The Balaban J connectivity index is 2.08. The van der Waals surface area contributed by atoms with Gasteiger partial charge in [-0.2, -0.15) is 0 Å². The van der Waals surface area contributed by atoms with Crippen molar-refractivity contribution >= 4 is 35.0 Å². The molecular weight excluding hydrogens is 346 g/mol. The van der Waals surface area contributed by atoms with Gasteiger partial charge in [-0.05, 0) is 31.4 Å². The second-order valence-corrected chi connectivity index (χ2v) is 5.67. The van der Waals surface area contributed by atoms with Crippen molar-refractivity contribution in [3.05, 3.63) is 58.3 Å². The first-order valence-electron chi connectivity index (χ1n) is 7.18. The molecule has 1 atom stereocenters. The summed E-state index contributed by atoms with van der Waals surface area (Å²) in [4.78, 5) is 38.8. The zero-order chi connectivity index (χ0) is 18.4. The van der Waals surface area contributed by atoms with E-state index in [0.717, 1.165) is 0 Å². The highest BCUT2D eigenvalue weighted by molar-refractivity contribution is 7.98. The molecule has 8 nitrogen and oxygen atoms in total. The normalized spacial score (nSPS) is 11.4. The van der Waals surface area contributed by atoms with Gasteiger partial charge < -0.3 is 10.1 Å². The molecule has 0 aliphatic rings. The third-order valence-corrected chi connectivity index (χ3v) is 3.91. The predicted molar refractivity (Wildman–Crippen MR) is 92.6 cm³/mol. The number of thioether (sulfide) groups is 1. The molecule has 1 aromatic heterocycles. The molecule has 0 radical (unpaired) electrons. The fourth-order valence-electron chi connectivity index (χ4n) is 1.96. The minimum atomic E-state index is -1.14. The van der Waals surface area contributed by atoms with Crippen LogP contribution in [0.25, 0.3) is 0 Å². The molecule has 9 heteroatoms. The van der Waals surface area contributed by atoms with Crippen LogP contribution in [0.4, 0.5) is 11.4 Å². The van der Waals surface area contributed by atoms with Crippen molar-refractivity contribution < 1.29 is 19.2 Å². The molecule has 1 aromatic carbocycles. The Kier molecular flexibility index (Phi) is 6.07. The quantitative estimate of drug-likeness (QED) is 0.364. The second-order valence-electron chi connectivity index (χ2n) is 4.87. The molecule has 0 aliphatic carbocycles. The van der Waals surface area contributed by atoms with E-state index in [0.29, 0.717) is 5.03 Å². The first-order valence-corrected chi connectivity index (χ1v) is 8.40. The van der Waals surface area contributed by atoms with Crippen molar-refractivity contribution in [3.8, 4) is 0 Å². The Hall–Kier alpha value is -2.94. The second kappa shape index (κ2) is 8.25. The largest absolute Gasteiger partial charge is 0.449 e. The molecule has 130 valence electrons. The number of para-hydroxylation sites is 2. The van der Waals surface area contributed by atoms with Crippen LogP contribution >= 0.6 is 11.8 Å². The van der Waals surface area contributed by atoms with Crippen molar-refractivity contribution in [1.29, 1.82) is 0 Å². The van der Waals surface area contributed by atoms with E-state index in [-0.39, 0.29) is 16.9 Å². The van der Waals surface area contributed by atoms with Gasteiger partial charge in [-0.15, -0.1) is 11.8 Å². The molecule has 0 aliphatic heterocycles. The van der Waals surface area contributed by atoms with Crippen LogP contribution in [0.1, 0.15) is 17.3 Å². The summed E-state index contributed by atoms with van der Waals surface area (Å²) in [6.45, 7) is 1.39. The summed E-state index contributed by atoms with van der Waals surface area (Å²) in [7, 11) is 0. The number of ether oxygens (including phenoxy) is 1. The standard InChI is InChI=1S/C16H15N3O5S/c1-10(24-16(21)11-6-5-9-17-15(11)25-2)14(20)18-12-7-3-4-8-13(12)19(22)23/h3-10H,1-2H3,(H,18,20)/t10-/m0/s1. The molecule has 0 fully saturated rings. The van der Waals surface area contributed by atoms with E-state index in [1.54, 1.807) is 30.7 Å². The number of nitro groups is 1. The maximum atomic E-state index is 12.2. The number of nitrogens with zero attached hydrogens (tertiary/aromatic N) is 2. The van der Waals surface area contributed by atoms with E-state index in [4.69, 9.17) is 4.74 Å². The number of esters is 1. The monoisotopic (exact) mass is 361 g/mol. The lowest BCUT2D eigenvalue weighted by Gasteiger charge is -2.14. The number of benzene rings is 1. The zero-order valence-electron chi connectivity index (χ0n) is 13.5. The van der Waals surface area contributed by atoms with Gasteiger partial charge in [0.25, 0.3) is 11.6 Å². The molecule has 0 unspecified atom stereocenters. The minimum Gasteiger partial charge on any atom is -0.449 e. The average Bonchev–Trinajstić information content (AvgIpc) is 2.61. The lowest BCUT2D eigenvalue weighted by Crippen LogP contribution is -2.30. The number of rotatable bonds is 6. The van der Waals surface area contributed by atoms with Crippen LogP contribution in [0, 0.1) is 10.1 Å². The highest BCUT2D eigenvalue weighted by Crippen LogP contribution is 2.24. The highest BCUT2D eigenvalue weighted by Gasteiger charge is 2.23. The van der Waals surface area contributed by atoms with Gasteiger partial charge in [0, 0.05) is 12.3 Å². The van der Waals surface area contributed by atoms with Crippen molar-refractivity contribution in [3.63, 3.8) is 0 Å². The topological polar surface area (TPSA) is 111 Å². The molecule has 0 saturated heterocycles. The molecule has 1 amide bonds. The van der Waals surface area contributed by atoms with E-state index in [9.17, 15) is 19.7 Å². The van der Waals surface area contributed by atoms with Gasteiger partial charge in [0.2, 0.25) is 0 Å². The molecule has 1 N–H and O–H groups in total. The van der Waals surface area contributed by atoms with E-state index >= 15 is 0 Å². The fraction of sp³-hybridized carbons (Fsp3) is 0.188. The minimum absolute atomic E-state index is 0.0339. The molecule has 0 bridgehead atoms. The van der Waals surface area contributed by atoms with Gasteiger partial charge >= 0.3 is 5.97 Å². The van der Waals surface area contributed by atoms with Gasteiger partial charge in [0.05, 0.1) is 10.5 Å². The third-order valence-electron chi connectivity index (χ3n) is 3.20. The number of aromatic nitrogens is 1. The number of amides is 1. The first-order chi connectivity index (χ1) is 11.9. The van der Waals surface area contributed by atoms with Crippen molar-refractivity contribution in [2.24, 2.45) is 0 Å². The van der Waals surface area contributed by atoms with E-state index in [1.165, 1.54) is 36.9 Å². The molecule has 2 rings (SSSR count). The Bertz CT molecular complexity index is 812. The number of carbonyl (C=O) groups excluding carboxylic acids is 2. The summed E-state index contributed by atoms with van der Waals surface area (Å²) >= 11 is 1.28. The predicted octanol–water partition coefficient (Wildman–Crippen LogP) is 2.90. The van der Waals surface area contributed by atoms with E-state index in [1.807, 2.05) is 0 Å². The Morgan fingerprint density at radius 3 is 2.68 bits per heavy atom. The maximum absolute atomic E-state index is 12.2. The Morgan fingerprint density at radius 2 is 2.00 bits per heavy atom. The SMILES string of the molecule is CSc1ncccc1C(=O)O[C@@H](C)C(=O)Nc1ccccc1[N+](=O)[O-]. The Morgan fingerprint density at radius 1 is 1.28 bits per heavy atom. The number of pyridine rings is 1. The van der Waals surface area contributed by atoms with Crippen LogP contribution in [0.2, 0.25) is 0 Å². The van der Waals surface area contributed by atoms with Gasteiger partial charge in [-0.1, -0.05) is 12.1 Å². The summed E-state index contributed by atoms with van der Waals surface area (Å²) < 4.78 is 5.14. The van der Waals surface area contributed by atoms with Crippen LogP contribution < -0.4 is 5.32 Å². The number of nitrogens with one attached hydrogen (secondary N) is 1. The van der Waals surface area contributed by atoms with Crippen LogP contribution in [-0.4, -0.2) is 34.1 Å². The maximum Gasteiger partial charge on any atom is 0.341 e. The summed E-state index contributed by atoms with van der Waals surface area (Å²) in [5.74, 6) is -1.36. The summed E-state index contributed by atoms with van der Waals surface area (Å²) in [6, 6.07) is 8.86. The van der Waals surface area contributed by atoms with Crippen LogP contribution in [0.5, 0.6) is 0 Å². The molecule has 2 aromatic rings. The van der Waals surface area contributed by atoms with Crippen LogP contribution in [0.3, 0.4) is 0 Å². The summed E-state index contributed by atoms with van der Waals surface area (Å²) in [6.07, 6.45) is 2.18. The van der Waals surface area contributed by atoms with Crippen molar-refractivity contribution in [2.45, 2.75) is 18.1 Å². The van der Waals surface area contributed by atoms with Gasteiger partial charge in [-0.25, -0.2) is 9.78 Å². The van der Waals surface area contributed by atoms with Crippen LogP contribution in [0.15, 0.2) is 47.6 Å². The molecular formula is C16H15N3O5S. The molecule has 0 spiro atoms. The number of anilines is 1. The lowest BCUT2D eigenvalue weighted by molar-refractivity contribution is -0.383. The number of hydrogen-bond acceptors (Lipinski definition) is 7. The first kappa shape index (κ1) is 18.4. The van der Waals surface area contributed by atoms with Gasteiger partial charge in [0.15, 0.2) is 6.10 Å². The Labute approximate surface area is 147 Å². The number of hydrogen-bond donors (Lipinski definition) is 1. The number of nitro benzene ring substituents is 1. The average molecular weight is 361 g/mol. The van der Waals surface area contributed by atoms with E-state index < -0.39 is 22.9 Å². The van der Waals surface area contributed by atoms with Gasteiger partial charge in [-0.3, -0.25) is 14.9 Å². The molecule has 25 heavy (non-hydrogen) atoms. The summed E-state index contributed by atoms with van der Waals surface area (Å²) in [5.41, 5.74) is 0.0400. The summed E-state index contributed by atoms with van der Waals surface area (Å²) in [5, 5.41) is 13.8. The van der Waals surface area contributed by atoms with E-state index in [2.05, 4.69) is 10.3 Å². The van der Waals surface area contributed by atoms with Crippen molar-refractivity contribution in [2.75, 3.05) is 11.6 Å². The van der Waals surface area contributed by atoms with Crippen LogP contribution in [-0.2, 0) is 9.53 Å². The number of carbonyl (C=O) groups is 2. The third kappa shape index (κ3) is 4.54. The fourth-order valence-corrected chi connectivity index (χ4v) is 2.50. The molecule has 0 saturated carbocycles. The smallest absolute Gasteiger partial charge is 0.341 e. The lowest BCUT2D eigenvalue weighted by atomic mass is 10.2. The highest BCUT2D eigenvalue weighted by atomic mass is 32.2.